The third-order valence-corrected chi connectivity index (χ3v) is 5.25. The molecule has 0 radical (unpaired) electrons. The van der Waals surface area contributed by atoms with Crippen molar-refractivity contribution >= 4 is 30.0 Å². The van der Waals surface area contributed by atoms with E-state index < -0.39 is 17.1 Å². The molecular formula is C27H39N3O3S. The fourth-order valence-corrected chi connectivity index (χ4v) is 3.43. The van der Waals surface area contributed by atoms with Gasteiger partial charge in [0.2, 0.25) is 0 Å². The van der Waals surface area contributed by atoms with Gasteiger partial charge in [0.15, 0.2) is 0 Å². The quantitative estimate of drug-likeness (QED) is 0.405. The van der Waals surface area contributed by atoms with Gasteiger partial charge in [-0.05, 0) is 50.1 Å². The van der Waals surface area contributed by atoms with Crippen molar-refractivity contribution < 1.29 is 14.4 Å². The van der Waals surface area contributed by atoms with Crippen LogP contribution >= 0.6 is 0 Å². The van der Waals surface area contributed by atoms with E-state index in [1.165, 1.54) is 35.4 Å². The van der Waals surface area contributed by atoms with Crippen molar-refractivity contribution in [2.24, 2.45) is 4.99 Å². The van der Waals surface area contributed by atoms with Crippen LogP contribution in [-0.4, -0.2) is 44.4 Å². The lowest BCUT2D eigenvalue weighted by Crippen LogP contribution is -2.38. The Kier molecular flexibility index (Phi) is 15.1. The van der Waals surface area contributed by atoms with Crippen LogP contribution in [-0.2, 0) is 11.0 Å². The molecule has 3 N–H and O–H groups in total. The van der Waals surface area contributed by atoms with Crippen molar-refractivity contribution in [2.75, 3.05) is 6.26 Å². The zero-order valence-electron chi connectivity index (χ0n) is 21.2. The van der Waals surface area contributed by atoms with Gasteiger partial charge in [0.1, 0.15) is 11.9 Å². The minimum Gasteiger partial charge on any atom is -0.508 e. The number of aliphatic hydroxyl groups excluding tert-OH is 2. The fraction of sp³-hybridized carbons (Fsp3) is 0.296. The molecule has 0 aromatic heterocycles. The van der Waals surface area contributed by atoms with Gasteiger partial charge in [-0.1, -0.05) is 69.0 Å². The number of aliphatic hydroxyl groups is 2. The lowest BCUT2D eigenvalue weighted by atomic mass is 10.1. The Hall–Kier alpha value is -3.00. The standard InChI is InChI=1S/C13H15N.C12H18N2O3S.C2H6/c1-4-11(2)9-12-7-5-6-8-13(12)10-14-3;1-5-8(2)14-7-12(16)11(15)6-10(14)9(3)13-18(4)17;1-2/h4-10H,3H2,1-2H3;5-7,9,11,13,15-16H,1-2H2,3-4H3;1-2H3/b11-4+,12-9+,13-10-;;. The molecule has 0 bridgehead atoms. The van der Waals surface area contributed by atoms with Gasteiger partial charge >= 0.3 is 0 Å². The molecule has 1 aliphatic heterocycles. The molecule has 6 nitrogen and oxygen atoms in total. The highest BCUT2D eigenvalue weighted by atomic mass is 32.2. The maximum atomic E-state index is 11.2. The first-order valence-electron chi connectivity index (χ1n) is 11.0. The summed E-state index contributed by atoms with van der Waals surface area (Å²) in [5, 5.41) is 21.4. The molecule has 0 spiro atoms. The Morgan fingerprint density at radius 1 is 1.29 bits per heavy atom. The Morgan fingerprint density at radius 3 is 2.38 bits per heavy atom. The summed E-state index contributed by atoms with van der Waals surface area (Å²) in [6.07, 6.45) is 10.8. The van der Waals surface area contributed by atoms with Gasteiger partial charge in [-0.25, -0.2) is 8.93 Å². The minimum atomic E-state index is -1.19. The average Bonchev–Trinajstić information content (AvgIpc) is 2.82. The van der Waals surface area contributed by atoms with E-state index in [9.17, 15) is 14.4 Å². The van der Waals surface area contributed by atoms with Crippen LogP contribution in [0.1, 0.15) is 34.6 Å². The van der Waals surface area contributed by atoms with E-state index in [0.717, 1.165) is 5.22 Å². The second-order valence-corrected chi connectivity index (χ2v) is 8.21. The molecule has 2 rings (SSSR count). The Balaban J connectivity index is 0.000000613. The van der Waals surface area contributed by atoms with Crippen molar-refractivity contribution in [3.63, 3.8) is 0 Å². The summed E-state index contributed by atoms with van der Waals surface area (Å²) < 4.78 is 14.0. The molecule has 0 saturated heterocycles. The first-order chi connectivity index (χ1) is 16.1. The molecule has 0 saturated carbocycles. The van der Waals surface area contributed by atoms with E-state index in [-0.39, 0.29) is 11.8 Å². The molecule has 0 fully saturated rings. The SMILES string of the molecule is C=CC(=C)N1C=C(O)C(O)C=C1C(C)NS(C)=O.C=N/C=c1/cccc/c1=C\C(C)=C\C.CC. The summed E-state index contributed by atoms with van der Waals surface area (Å²) in [5.41, 5.74) is 2.45. The van der Waals surface area contributed by atoms with E-state index in [2.05, 4.69) is 54.7 Å². The monoisotopic (exact) mass is 485 g/mol. The van der Waals surface area contributed by atoms with Crippen LogP contribution < -0.4 is 15.2 Å². The molecule has 1 heterocycles. The van der Waals surface area contributed by atoms with E-state index in [0.29, 0.717) is 11.4 Å². The third-order valence-electron chi connectivity index (χ3n) is 4.57. The summed E-state index contributed by atoms with van der Waals surface area (Å²) >= 11 is 0. The topological polar surface area (TPSA) is 85.2 Å². The minimum absolute atomic E-state index is 0.174. The maximum absolute atomic E-state index is 11.2. The Morgan fingerprint density at radius 2 is 1.88 bits per heavy atom. The van der Waals surface area contributed by atoms with Crippen molar-refractivity contribution in [3.8, 4) is 0 Å². The van der Waals surface area contributed by atoms with Crippen molar-refractivity contribution in [2.45, 2.75) is 46.8 Å². The van der Waals surface area contributed by atoms with Crippen molar-refractivity contribution in [1.29, 1.82) is 0 Å². The zero-order valence-corrected chi connectivity index (χ0v) is 22.0. The van der Waals surface area contributed by atoms with Gasteiger partial charge < -0.3 is 15.1 Å². The first kappa shape index (κ1) is 31.0. The second kappa shape index (κ2) is 16.6. The van der Waals surface area contributed by atoms with Gasteiger partial charge in [0.05, 0.1) is 17.0 Å². The van der Waals surface area contributed by atoms with E-state index in [4.69, 9.17) is 0 Å². The number of hydrogen-bond acceptors (Lipinski definition) is 5. The summed E-state index contributed by atoms with van der Waals surface area (Å²) in [7, 11) is -1.19. The smallest absolute Gasteiger partial charge is 0.141 e. The fourth-order valence-electron chi connectivity index (χ4n) is 2.81. The molecule has 3 unspecified atom stereocenters. The van der Waals surface area contributed by atoms with Gasteiger partial charge in [-0.3, -0.25) is 4.99 Å². The summed E-state index contributed by atoms with van der Waals surface area (Å²) in [4.78, 5) is 5.38. The molecule has 186 valence electrons. The van der Waals surface area contributed by atoms with E-state index in [1.807, 2.05) is 39.0 Å². The molecule has 7 heteroatoms. The van der Waals surface area contributed by atoms with Gasteiger partial charge in [0.25, 0.3) is 0 Å². The van der Waals surface area contributed by atoms with Crippen molar-refractivity contribution in [3.05, 3.63) is 95.0 Å². The van der Waals surface area contributed by atoms with Gasteiger partial charge in [-0.2, -0.15) is 0 Å². The molecule has 0 aliphatic carbocycles. The predicted octanol–water partition coefficient (Wildman–Crippen LogP) is 3.82. The first-order valence-corrected chi connectivity index (χ1v) is 12.6. The van der Waals surface area contributed by atoms with Crippen LogP contribution in [0.15, 0.2) is 89.6 Å². The summed E-state index contributed by atoms with van der Waals surface area (Å²) in [6.45, 7) is 20.8. The predicted molar refractivity (Wildman–Crippen MR) is 148 cm³/mol. The largest absolute Gasteiger partial charge is 0.508 e. The third kappa shape index (κ3) is 10.3. The number of nitrogens with zero attached hydrogens (tertiary/aromatic N) is 2. The average molecular weight is 486 g/mol. The summed E-state index contributed by atoms with van der Waals surface area (Å²) in [5.74, 6) is -0.174. The molecule has 1 aliphatic rings. The highest BCUT2D eigenvalue weighted by molar-refractivity contribution is 7.82. The van der Waals surface area contributed by atoms with Crippen LogP contribution in [0.2, 0.25) is 0 Å². The van der Waals surface area contributed by atoms with Crippen LogP contribution in [0.4, 0.5) is 0 Å². The lowest BCUT2D eigenvalue weighted by molar-refractivity contribution is 0.178. The highest BCUT2D eigenvalue weighted by Gasteiger charge is 2.24. The maximum Gasteiger partial charge on any atom is 0.141 e. The highest BCUT2D eigenvalue weighted by Crippen LogP contribution is 2.24. The van der Waals surface area contributed by atoms with Crippen LogP contribution in [0.5, 0.6) is 0 Å². The number of rotatable bonds is 7. The summed E-state index contributed by atoms with van der Waals surface area (Å²) in [6, 6.07) is 7.86. The molecule has 0 amide bonds. The molecule has 1 aromatic carbocycles. The van der Waals surface area contributed by atoms with Crippen LogP contribution in [0.3, 0.4) is 0 Å². The van der Waals surface area contributed by atoms with Crippen LogP contribution in [0.25, 0.3) is 12.3 Å². The Bertz CT molecular complexity index is 1070. The number of benzene rings is 1. The van der Waals surface area contributed by atoms with Crippen LogP contribution in [0, 0.1) is 0 Å². The Labute approximate surface area is 207 Å². The van der Waals surface area contributed by atoms with E-state index >= 15 is 0 Å². The molecule has 34 heavy (non-hydrogen) atoms. The van der Waals surface area contributed by atoms with Gasteiger partial charge in [0, 0.05) is 30.0 Å². The number of allylic oxidation sites excluding steroid dienone is 3. The van der Waals surface area contributed by atoms with E-state index in [1.54, 1.807) is 18.0 Å². The number of hydrogen-bond donors (Lipinski definition) is 3. The molecular weight excluding hydrogens is 446 g/mol. The van der Waals surface area contributed by atoms with Crippen molar-refractivity contribution in [1.82, 2.24) is 9.62 Å². The number of nitrogens with one attached hydrogen (secondary N) is 1. The normalized spacial score (nSPS) is 18.3. The number of aliphatic imine (C=N–C) groups is 1. The zero-order chi connectivity index (χ0) is 26.3. The molecule has 1 aromatic rings. The molecule has 3 atom stereocenters. The second-order valence-electron chi connectivity index (χ2n) is 7.07. The lowest BCUT2D eigenvalue weighted by Gasteiger charge is -2.32. The van der Waals surface area contributed by atoms with Gasteiger partial charge in [-0.15, -0.1) is 0 Å².